The lowest BCUT2D eigenvalue weighted by Crippen LogP contribution is -2.39. The van der Waals surface area contributed by atoms with Crippen molar-refractivity contribution in [2.75, 3.05) is 51.8 Å². The number of carboxylic acids is 4. The molecule has 0 atom stereocenters. The van der Waals surface area contributed by atoms with Gasteiger partial charge in [0.05, 0.1) is 30.5 Å². The molecule has 0 aliphatic carbocycles. The first-order valence-corrected chi connectivity index (χ1v) is 16.9. The summed E-state index contributed by atoms with van der Waals surface area (Å²) in [5, 5.41) is 49.2. The fraction of sp³-hybridized carbons (Fsp3) is 0.405. The van der Waals surface area contributed by atoms with Crippen molar-refractivity contribution in [2.45, 2.75) is 45.1 Å². The highest BCUT2D eigenvalue weighted by Crippen LogP contribution is 2.33. The lowest BCUT2D eigenvalue weighted by atomic mass is 9.91. The molecule has 53 heavy (non-hydrogen) atoms. The molecule has 2 aliphatic heterocycles. The van der Waals surface area contributed by atoms with Gasteiger partial charge in [-0.15, -0.1) is 0 Å². The van der Waals surface area contributed by atoms with E-state index in [1.165, 1.54) is 12.8 Å². The van der Waals surface area contributed by atoms with Crippen molar-refractivity contribution in [3.8, 4) is 6.07 Å². The average Bonchev–Trinajstić information content (AvgIpc) is 3.81. The number of hydrogen-bond donors (Lipinski definition) is 5. The molecule has 2 saturated heterocycles. The van der Waals surface area contributed by atoms with Crippen LogP contribution in [0.4, 0.5) is 5.69 Å². The van der Waals surface area contributed by atoms with E-state index in [1.807, 2.05) is 31.3 Å². The van der Waals surface area contributed by atoms with Crippen molar-refractivity contribution in [3.63, 3.8) is 0 Å². The minimum atomic E-state index is -1.26. The van der Waals surface area contributed by atoms with Gasteiger partial charge in [-0.25, -0.2) is 19.2 Å². The standard InChI is InChI=1S/C29H37N5O3.2C4H4O4/c1-31-18-25-27(33(2)19-23-5-3-22(17-30)4-6-23)10-8-24-26(32-37-29(24)25)9-7-21-11-13-34(14-12-21)20-28-35-15-16-36-28;2*5-3(6)1-2-4(7)8/h3-6,8,10,21,28,31H,7,9,11-16,18-20H2,1-2H3;2*1-2H,(H,5,6)(H,7,8)/b;2*2-1+. The van der Waals surface area contributed by atoms with E-state index in [0.29, 0.717) is 42.3 Å². The van der Waals surface area contributed by atoms with E-state index in [-0.39, 0.29) is 6.29 Å². The number of aliphatic carboxylic acids is 4. The Labute approximate surface area is 306 Å². The van der Waals surface area contributed by atoms with E-state index in [0.717, 1.165) is 85.7 Å². The van der Waals surface area contributed by atoms with Crippen LogP contribution in [0.1, 0.15) is 41.6 Å². The molecule has 0 unspecified atom stereocenters. The number of nitrogens with one attached hydrogen (secondary N) is 1. The predicted octanol–water partition coefficient (Wildman–Crippen LogP) is 3.50. The van der Waals surface area contributed by atoms with Gasteiger partial charge in [-0.05, 0) is 81.6 Å². The number of carboxylic acid groups (broad SMARTS) is 4. The van der Waals surface area contributed by atoms with Crippen LogP contribution in [0.5, 0.6) is 0 Å². The summed E-state index contributed by atoms with van der Waals surface area (Å²) >= 11 is 0. The van der Waals surface area contributed by atoms with Crippen LogP contribution >= 0.6 is 0 Å². The van der Waals surface area contributed by atoms with Crippen molar-refractivity contribution >= 4 is 40.5 Å². The first kappa shape index (κ1) is 41.8. The summed E-state index contributed by atoms with van der Waals surface area (Å²) in [7, 11) is 4.05. The zero-order valence-corrected chi connectivity index (χ0v) is 29.6. The zero-order valence-electron chi connectivity index (χ0n) is 29.6. The number of piperidine rings is 1. The van der Waals surface area contributed by atoms with Gasteiger partial charge >= 0.3 is 23.9 Å². The van der Waals surface area contributed by atoms with Gasteiger partial charge in [0.25, 0.3) is 0 Å². The van der Waals surface area contributed by atoms with Crippen LogP contribution in [0.3, 0.4) is 0 Å². The van der Waals surface area contributed by atoms with Gasteiger partial charge in [-0.2, -0.15) is 5.26 Å². The number of aromatic nitrogens is 1. The predicted molar refractivity (Wildman–Crippen MR) is 192 cm³/mol. The molecule has 2 fully saturated rings. The number of nitrogens with zero attached hydrogens (tertiary/aromatic N) is 4. The highest BCUT2D eigenvalue weighted by molar-refractivity contribution is 5.90. The minimum Gasteiger partial charge on any atom is -0.478 e. The molecule has 2 aliphatic rings. The number of aryl methyl sites for hydroxylation is 1. The molecular weight excluding hydrogens is 690 g/mol. The van der Waals surface area contributed by atoms with Gasteiger partial charge in [0.2, 0.25) is 0 Å². The first-order valence-electron chi connectivity index (χ1n) is 16.9. The Balaban J connectivity index is 0.000000395. The fourth-order valence-corrected chi connectivity index (χ4v) is 5.84. The highest BCUT2D eigenvalue weighted by atomic mass is 16.7. The van der Waals surface area contributed by atoms with Gasteiger partial charge in [-0.1, -0.05) is 17.3 Å². The molecule has 16 heteroatoms. The summed E-state index contributed by atoms with van der Waals surface area (Å²) in [5.74, 6) is -4.32. The van der Waals surface area contributed by atoms with E-state index < -0.39 is 23.9 Å². The van der Waals surface area contributed by atoms with E-state index in [2.05, 4.69) is 45.5 Å². The summed E-state index contributed by atoms with van der Waals surface area (Å²) in [5.41, 5.74) is 6.01. The van der Waals surface area contributed by atoms with Crippen molar-refractivity contribution in [1.29, 1.82) is 5.26 Å². The third-order valence-electron chi connectivity index (χ3n) is 8.39. The Morgan fingerprint density at radius 1 is 0.925 bits per heavy atom. The second-order valence-corrected chi connectivity index (χ2v) is 12.2. The maximum absolute atomic E-state index is 9.55. The van der Waals surface area contributed by atoms with Crippen molar-refractivity contribution in [3.05, 3.63) is 83.1 Å². The molecule has 0 radical (unpaired) electrons. The van der Waals surface area contributed by atoms with Crippen LogP contribution in [0.15, 0.2) is 65.2 Å². The molecule has 5 N–H and O–H groups in total. The summed E-state index contributed by atoms with van der Waals surface area (Å²) in [4.78, 5) is 42.9. The molecule has 0 amide bonds. The van der Waals surface area contributed by atoms with Gasteiger partial charge in [0.15, 0.2) is 11.9 Å². The van der Waals surface area contributed by atoms with Crippen LogP contribution in [-0.4, -0.2) is 108 Å². The van der Waals surface area contributed by atoms with Crippen LogP contribution in [0.25, 0.3) is 11.0 Å². The number of anilines is 1. The van der Waals surface area contributed by atoms with Crippen LogP contribution in [-0.2, 0) is 48.2 Å². The lowest BCUT2D eigenvalue weighted by molar-refractivity contribution is -0.134. The molecule has 0 bridgehead atoms. The molecule has 284 valence electrons. The third-order valence-corrected chi connectivity index (χ3v) is 8.39. The number of carbonyl (C=O) groups is 4. The van der Waals surface area contributed by atoms with Gasteiger partial charge < -0.3 is 44.6 Å². The summed E-state index contributed by atoms with van der Waals surface area (Å²) in [6.07, 6.45) is 6.67. The minimum absolute atomic E-state index is 0.0436. The van der Waals surface area contributed by atoms with Crippen LogP contribution in [0.2, 0.25) is 0 Å². The maximum atomic E-state index is 9.55. The average molecular weight is 736 g/mol. The highest BCUT2D eigenvalue weighted by Gasteiger charge is 2.25. The summed E-state index contributed by atoms with van der Waals surface area (Å²) in [6.45, 7) is 5.98. The normalized spacial score (nSPS) is 15.0. The second-order valence-electron chi connectivity index (χ2n) is 12.2. The molecule has 16 nitrogen and oxygen atoms in total. The Bertz CT molecular complexity index is 1700. The molecular formula is C37H45N5O11. The van der Waals surface area contributed by atoms with Gasteiger partial charge in [0.1, 0.15) is 0 Å². The zero-order chi connectivity index (χ0) is 38.8. The Kier molecular flexibility index (Phi) is 17.1. The number of rotatable bonds is 14. The smallest absolute Gasteiger partial charge is 0.328 e. The topological polar surface area (TPSA) is 236 Å². The molecule has 1 aromatic heterocycles. The van der Waals surface area contributed by atoms with Crippen molar-refractivity contribution in [2.24, 2.45) is 5.92 Å². The number of benzene rings is 2. The lowest BCUT2D eigenvalue weighted by Gasteiger charge is -2.32. The first-order chi connectivity index (χ1) is 25.4. The largest absolute Gasteiger partial charge is 0.478 e. The van der Waals surface area contributed by atoms with Crippen molar-refractivity contribution < 1.29 is 53.6 Å². The number of nitriles is 1. The van der Waals surface area contributed by atoms with Gasteiger partial charge in [0, 0.05) is 67.6 Å². The van der Waals surface area contributed by atoms with E-state index >= 15 is 0 Å². The molecule has 5 rings (SSSR count). The third kappa shape index (κ3) is 14.5. The van der Waals surface area contributed by atoms with E-state index in [9.17, 15) is 19.2 Å². The summed E-state index contributed by atoms with van der Waals surface area (Å²) < 4.78 is 17.2. The second kappa shape index (κ2) is 21.7. The number of ether oxygens (including phenoxy) is 2. The van der Waals surface area contributed by atoms with Crippen LogP contribution in [0, 0.1) is 17.2 Å². The quantitative estimate of drug-likeness (QED) is 0.149. The Hall–Kier alpha value is -5.60. The Morgan fingerprint density at radius 3 is 2.00 bits per heavy atom. The molecule has 2 aromatic carbocycles. The molecule has 3 aromatic rings. The summed E-state index contributed by atoms with van der Waals surface area (Å²) in [6, 6.07) is 14.3. The molecule has 3 heterocycles. The van der Waals surface area contributed by atoms with E-state index in [4.69, 9.17) is 39.7 Å². The number of hydrogen-bond acceptors (Lipinski definition) is 12. The van der Waals surface area contributed by atoms with Crippen LogP contribution < -0.4 is 10.2 Å². The van der Waals surface area contributed by atoms with Gasteiger partial charge in [-0.3, -0.25) is 4.90 Å². The maximum Gasteiger partial charge on any atom is 0.328 e. The van der Waals surface area contributed by atoms with Crippen molar-refractivity contribution in [1.82, 2.24) is 15.4 Å². The SMILES string of the molecule is CNCc1c(N(C)Cc2ccc(C#N)cc2)ccc2c(CCC3CCN(CC4OCCO4)CC3)noc12.O=C(O)/C=C/C(=O)O.O=C(O)/C=C/C(=O)O. The fourth-order valence-electron chi connectivity index (χ4n) is 5.84. The number of fused-ring (bicyclic) bond motifs is 1. The monoisotopic (exact) mass is 735 g/mol. The molecule has 0 saturated carbocycles. The Morgan fingerprint density at radius 2 is 1.49 bits per heavy atom. The van der Waals surface area contributed by atoms with E-state index in [1.54, 1.807) is 0 Å². The number of likely N-dealkylation sites (tertiary alicyclic amines) is 1. The molecule has 0 spiro atoms.